The summed E-state index contributed by atoms with van der Waals surface area (Å²) in [5, 5.41) is 17.0. The monoisotopic (exact) mass is 301 g/mol. The quantitative estimate of drug-likeness (QED) is 0.807. The van der Waals surface area contributed by atoms with Gasteiger partial charge in [0.05, 0.1) is 5.69 Å². The molecule has 7 heteroatoms. The van der Waals surface area contributed by atoms with E-state index in [0.29, 0.717) is 11.6 Å². The molecule has 0 aliphatic heterocycles. The van der Waals surface area contributed by atoms with E-state index in [0.717, 1.165) is 16.8 Å². The fourth-order valence-corrected chi connectivity index (χ4v) is 2.11. The van der Waals surface area contributed by atoms with Crippen LogP contribution in [0.3, 0.4) is 0 Å². The fourth-order valence-electron chi connectivity index (χ4n) is 2.11. The van der Waals surface area contributed by atoms with Gasteiger partial charge in [-0.15, -0.1) is 5.10 Å². The van der Waals surface area contributed by atoms with Crippen LogP contribution < -0.4 is 0 Å². The lowest BCUT2D eigenvalue weighted by Crippen LogP contribution is -2.09. The zero-order valence-corrected chi connectivity index (χ0v) is 11.1. The van der Waals surface area contributed by atoms with Gasteiger partial charge in [-0.3, -0.25) is 0 Å². The Morgan fingerprint density at radius 2 is 1.68 bits per heavy atom. The van der Waals surface area contributed by atoms with Crippen molar-refractivity contribution in [2.75, 3.05) is 0 Å². The highest BCUT2D eigenvalue weighted by Gasteiger charge is 2.22. The molecule has 0 spiro atoms. The molecule has 0 aliphatic rings. The van der Waals surface area contributed by atoms with Crippen LogP contribution in [-0.4, -0.2) is 26.1 Å². The summed E-state index contributed by atoms with van der Waals surface area (Å²) in [6.07, 6.45) is 0. The predicted octanol–water partition coefficient (Wildman–Crippen LogP) is 2.91. The topological polar surface area (TPSA) is 68.0 Å². The number of benzene rings is 2. The third kappa shape index (κ3) is 2.44. The van der Waals surface area contributed by atoms with Gasteiger partial charge in [-0.25, -0.2) is 18.3 Å². The van der Waals surface area contributed by atoms with Gasteiger partial charge in [0.25, 0.3) is 0 Å². The molecule has 2 aromatic carbocycles. The van der Waals surface area contributed by atoms with Crippen LogP contribution in [0.15, 0.2) is 48.5 Å². The third-order valence-corrected chi connectivity index (χ3v) is 3.01. The molecular weight excluding hydrogens is 292 g/mol. The second-order valence-electron chi connectivity index (χ2n) is 4.50. The molecule has 3 aromatic rings. The molecule has 110 valence electrons. The number of carboxylic acid groups (broad SMARTS) is 1. The lowest BCUT2D eigenvalue weighted by molar-refractivity contribution is 0.0688. The Bertz CT molecular complexity index is 827. The van der Waals surface area contributed by atoms with Crippen LogP contribution >= 0.6 is 0 Å². The van der Waals surface area contributed by atoms with Crippen molar-refractivity contribution >= 4 is 5.97 Å². The van der Waals surface area contributed by atoms with E-state index in [2.05, 4.69) is 10.3 Å². The maximum Gasteiger partial charge on any atom is 0.357 e. The summed E-state index contributed by atoms with van der Waals surface area (Å²) >= 11 is 0. The van der Waals surface area contributed by atoms with Gasteiger partial charge in [-0.05, 0) is 12.1 Å². The molecule has 1 heterocycles. The second kappa shape index (κ2) is 5.36. The standard InChI is InChI=1S/C15H9F2N3O2/c16-10-6-11(17)8-12(7-10)20-14(15(21)22)13(18-19-20)9-4-2-1-3-5-9/h1-8H,(H,21,22). The first-order valence-electron chi connectivity index (χ1n) is 6.27. The Kier molecular flexibility index (Phi) is 3.38. The van der Waals surface area contributed by atoms with E-state index in [1.165, 1.54) is 0 Å². The second-order valence-corrected chi connectivity index (χ2v) is 4.50. The zero-order chi connectivity index (χ0) is 15.7. The van der Waals surface area contributed by atoms with Gasteiger partial charge in [0.15, 0.2) is 5.69 Å². The molecule has 0 bridgehead atoms. The van der Waals surface area contributed by atoms with Gasteiger partial charge in [0.2, 0.25) is 0 Å². The van der Waals surface area contributed by atoms with Crippen LogP contribution in [-0.2, 0) is 0 Å². The van der Waals surface area contributed by atoms with Crippen LogP contribution in [0.1, 0.15) is 10.5 Å². The molecular formula is C15H9F2N3O2. The van der Waals surface area contributed by atoms with Crippen molar-refractivity contribution in [3.8, 4) is 16.9 Å². The summed E-state index contributed by atoms with van der Waals surface area (Å²) in [7, 11) is 0. The number of aromatic nitrogens is 3. The molecule has 1 N–H and O–H groups in total. The predicted molar refractivity (Wildman–Crippen MR) is 73.7 cm³/mol. The molecule has 5 nitrogen and oxygen atoms in total. The van der Waals surface area contributed by atoms with Gasteiger partial charge < -0.3 is 5.11 Å². The number of halogens is 2. The van der Waals surface area contributed by atoms with E-state index in [1.807, 2.05) is 0 Å². The van der Waals surface area contributed by atoms with Crippen LogP contribution in [0.5, 0.6) is 0 Å². The summed E-state index contributed by atoms with van der Waals surface area (Å²) in [4.78, 5) is 11.5. The molecule has 0 fully saturated rings. The van der Waals surface area contributed by atoms with Gasteiger partial charge in [-0.2, -0.15) is 0 Å². The number of hydrogen-bond acceptors (Lipinski definition) is 3. The Morgan fingerprint density at radius 1 is 1.05 bits per heavy atom. The minimum absolute atomic E-state index is 0.0513. The van der Waals surface area contributed by atoms with E-state index in [4.69, 9.17) is 0 Å². The number of carbonyl (C=O) groups is 1. The molecule has 1 aromatic heterocycles. The summed E-state index contributed by atoms with van der Waals surface area (Å²) in [5.74, 6) is -2.96. The van der Waals surface area contributed by atoms with Gasteiger partial charge in [0, 0.05) is 11.6 Å². The largest absolute Gasteiger partial charge is 0.476 e. The van der Waals surface area contributed by atoms with Crippen molar-refractivity contribution in [3.63, 3.8) is 0 Å². The van der Waals surface area contributed by atoms with Crippen molar-refractivity contribution in [2.24, 2.45) is 0 Å². The van der Waals surface area contributed by atoms with Crippen LogP contribution in [0, 0.1) is 11.6 Å². The molecule has 0 saturated heterocycles. The fraction of sp³-hybridized carbons (Fsp3) is 0. The molecule has 0 amide bonds. The maximum atomic E-state index is 13.3. The molecule has 0 unspecified atom stereocenters. The van der Waals surface area contributed by atoms with E-state index in [-0.39, 0.29) is 17.1 Å². The van der Waals surface area contributed by atoms with Crippen LogP contribution in [0.4, 0.5) is 8.78 Å². The maximum absolute atomic E-state index is 13.3. The Balaban J connectivity index is 2.22. The summed E-state index contributed by atoms with van der Waals surface area (Å²) in [6, 6.07) is 11.2. The Labute approximate surface area is 123 Å². The average Bonchev–Trinajstić information content (AvgIpc) is 2.92. The van der Waals surface area contributed by atoms with E-state index in [1.54, 1.807) is 30.3 Å². The Hall–Kier alpha value is -3.09. The highest BCUT2D eigenvalue weighted by molar-refractivity contribution is 5.93. The minimum Gasteiger partial charge on any atom is -0.476 e. The molecule has 0 aliphatic carbocycles. The number of hydrogen-bond donors (Lipinski definition) is 1. The molecule has 0 radical (unpaired) electrons. The number of carboxylic acids is 1. The summed E-state index contributed by atoms with van der Waals surface area (Å²) in [6.45, 7) is 0. The highest BCUT2D eigenvalue weighted by atomic mass is 19.1. The summed E-state index contributed by atoms with van der Waals surface area (Å²) < 4.78 is 27.6. The SMILES string of the molecule is O=C(O)c1c(-c2ccccc2)nnn1-c1cc(F)cc(F)c1. The number of aromatic carboxylic acids is 1. The van der Waals surface area contributed by atoms with Crippen LogP contribution in [0.25, 0.3) is 16.9 Å². The lowest BCUT2D eigenvalue weighted by Gasteiger charge is -2.05. The van der Waals surface area contributed by atoms with E-state index in [9.17, 15) is 18.7 Å². The van der Waals surface area contributed by atoms with E-state index >= 15 is 0 Å². The number of rotatable bonds is 3. The van der Waals surface area contributed by atoms with Crippen molar-refractivity contribution in [3.05, 3.63) is 65.9 Å². The van der Waals surface area contributed by atoms with Gasteiger partial charge in [-0.1, -0.05) is 35.5 Å². The molecule has 0 atom stereocenters. The molecule has 3 rings (SSSR count). The normalized spacial score (nSPS) is 10.6. The van der Waals surface area contributed by atoms with Crippen molar-refractivity contribution in [1.82, 2.24) is 15.0 Å². The van der Waals surface area contributed by atoms with Gasteiger partial charge in [0.1, 0.15) is 17.3 Å². The number of nitrogens with zero attached hydrogens (tertiary/aromatic N) is 3. The minimum atomic E-state index is -1.30. The first-order valence-corrected chi connectivity index (χ1v) is 6.27. The highest BCUT2D eigenvalue weighted by Crippen LogP contribution is 2.24. The first-order chi connectivity index (χ1) is 10.6. The van der Waals surface area contributed by atoms with Crippen LogP contribution in [0.2, 0.25) is 0 Å². The van der Waals surface area contributed by atoms with Gasteiger partial charge >= 0.3 is 5.97 Å². The lowest BCUT2D eigenvalue weighted by atomic mass is 10.1. The Morgan fingerprint density at radius 3 is 2.27 bits per heavy atom. The smallest absolute Gasteiger partial charge is 0.357 e. The van der Waals surface area contributed by atoms with Crippen molar-refractivity contribution in [2.45, 2.75) is 0 Å². The first kappa shape index (κ1) is 13.9. The van der Waals surface area contributed by atoms with Crippen molar-refractivity contribution in [1.29, 1.82) is 0 Å². The van der Waals surface area contributed by atoms with E-state index < -0.39 is 17.6 Å². The average molecular weight is 301 g/mol. The zero-order valence-electron chi connectivity index (χ0n) is 11.1. The molecule has 22 heavy (non-hydrogen) atoms. The van der Waals surface area contributed by atoms with Crippen molar-refractivity contribution < 1.29 is 18.7 Å². The molecule has 0 saturated carbocycles. The third-order valence-electron chi connectivity index (χ3n) is 3.01. The summed E-state index contributed by atoms with van der Waals surface area (Å²) in [5.41, 5.74) is 0.349.